The van der Waals surface area contributed by atoms with Gasteiger partial charge in [0.25, 0.3) is 0 Å². The molecule has 0 atom stereocenters. The number of benzene rings is 2. The van der Waals surface area contributed by atoms with E-state index >= 15 is 0 Å². The van der Waals surface area contributed by atoms with Crippen molar-refractivity contribution in [1.29, 1.82) is 0 Å². The molecule has 0 spiro atoms. The van der Waals surface area contributed by atoms with Gasteiger partial charge >= 0.3 is 6.09 Å². The lowest BCUT2D eigenvalue weighted by atomic mass is 10.0. The molecule has 0 bridgehead atoms. The molecule has 0 unspecified atom stereocenters. The van der Waals surface area contributed by atoms with Crippen LogP contribution < -0.4 is 14.2 Å². The third-order valence-electron chi connectivity index (χ3n) is 4.72. The van der Waals surface area contributed by atoms with Crippen LogP contribution in [0.15, 0.2) is 40.8 Å². The van der Waals surface area contributed by atoms with Gasteiger partial charge in [-0.1, -0.05) is 32.0 Å². The summed E-state index contributed by atoms with van der Waals surface area (Å²) in [5, 5.41) is 0. The standard InChI is InChI=1S/C24H29FN2O4S/c1-15(2)12-17-10-11-19(13-20(17)25)29-16(3)26-32-27(6)23(28)30-21-9-7-8-18-14-24(4,5)31-22(18)21/h7-11,13,15H,12,14H2,1-6H3. The molecule has 1 heterocycles. The smallest absolute Gasteiger partial charge is 0.426 e. The van der Waals surface area contributed by atoms with Crippen molar-refractivity contribution in [3.05, 3.63) is 53.3 Å². The Balaban J connectivity index is 1.57. The highest BCUT2D eigenvalue weighted by Gasteiger charge is 2.33. The minimum Gasteiger partial charge on any atom is -0.483 e. The van der Waals surface area contributed by atoms with Gasteiger partial charge in [-0.3, -0.25) is 0 Å². The zero-order valence-corrected chi connectivity index (χ0v) is 20.1. The number of amides is 1. The first-order valence-electron chi connectivity index (χ1n) is 10.5. The summed E-state index contributed by atoms with van der Waals surface area (Å²) in [5.41, 5.74) is 1.32. The molecule has 3 rings (SSSR count). The molecule has 1 amide bonds. The van der Waals surface area contributed by atoms with Crippen molar-refractivity contribution in [1.82, 2.24) is 4.31 Å². The van der Waals surface area contributed by atoms with Crippen molar-refractivity contribution in [2.75, 3.05) is 7.05 Å². The number of para-hydroxylation sites is 1. The Labute approximate surface area is 193 Å². The van der Waals surface area contributed by atoms with Crippen LogP contribution in [0.25, 0.3) is 0 Å². The fourth-order valence-corrected chi connectivity index (χ4v) is 3.74. The average molecular weight is 461 g/mol. The van der Waals surface area contributed by atoms with Gasteiger partial charge in [-0.25, -0.2) is 13.5 Å². The maximum absolute atomic E-state index is 14.2. The highest BCUT2D eigenvalue weighted by molar-refractivity contribution is 7.96. The number of halogens is 1. The lowest BCUT2D eigenvalue weighted by Crippen LogP contribution is -2.25. The van der Waals surface area contributed by atoms with E-state index in [0.29, 0.717) is 35.2 Å². The lowest BCUT2D eigenvalue weighted by Gasteiger charge is -2.18. The first kappa shape index (κ1) is 23.9. The number of carbonyl (C=O) groups is 1. The summed E-state index contributed by atoms with van der Waals surface area (Å²) in [5.74, 6) is 1.65. The monoisotopic (exact) mass is 460 g/mol. The van der Waals surface area contributed by atoms with E-state index in [4.69, 9.17) is 14.2 Å². The molecule has 1 aliphatic rings. The molecule has 1 aliphatic heterocycles. The molecule has 0 aromatic heterocycles. The van der Waals surface area contributed by atoms with Gasteiger partial charge < -0.3 is 14.2 Å². The number of hydrogen-bond donors (Lipinski definition) is 0. The van der Waals surface area contributed by atoms with E-state index in [1.54, 1.807) is 25.1 Å². The van der Waals surface area contributed by atoms with Crippen molar-refractivity contribution in [3.63, 3.8) is 0 Å². The van der Waals surface area contributed by atoms with Crippen LogP contribution in [0.2, 0.25) is 0 Å². The highest BCUT2D eigenvalue weighted by Crippen LogP contribution is 2.42. The van der Waals surface area contributed by atoms with E-state index in [-0.39, 0.29) is 17.3 Å². The van der Waals surface area contributed by atoms with E-state index in [1.807, 2.05) is 39.8 Å². The number of fused-ring (bicyclic) bond motifs is 1. The summed E-state index contributed by atoms with van der Waals surface area (Å²) in [6.45, 7) is 9.69. The molecule has 0 saturated heterocycles. The largest absolute Gasteiger partial charge is 0.483 e. The Hall–Kier alpha value is -2.74. The molecule has 0 N–H and O–H groups in total. The average Bonchev–Trinajstić information content (AvgIpc) is 3.03. The Bertz CT molecular complexity index is 1020. The van der Waals surface area contributed by atoms with E-state index in [2.05, 4.69) is 4.40 Å². The second-order valence-corrected chi connectivity index (χ2v) is 9.69. The molecule has 2 aromatic carbocycles. The normalized spacial score (nSPS) is 14.7. The number of nitrogens with zero attached hydrogens (tertiary/aromatic N) is 2. The Kier molecular flexibility index (Phi) is 7.33. The van der Waals surface area contributed by atoms with E-state index in [1.165, 1.54) is 17.4 Å². The first-order valence-corrected chi connectivity index (χ1v) is 11.2. The predicted molar refractivity (Wildman–Crippen MR) is 125 cm³/mol. The molecule has 0 fully saturated rings. The van der Waals surface area contributed by atoms with Crippen molar-refractivity contribution >= 4 is 24.1 Å². The third kappa shape index (κ3) is 6.16. The Morgan fingerprint density at radius 3 is 2.72 bits per heavy atom. The van der Waals surface area contributed by atoms with Crippen LogP contribution in [0, 0.1) is 11.7 Å². The van der Waals surface area contributed by atoms with Crippen LogP contribution in [0.1, 0.15) is 45.7 Å². The molecular formula is C24H29FN2O4S. The van der Waals surface area contributed by atoms with Crippen molar-refractivity contribution < 1.29 is 23.4 Å². The number of ether oxygens (including phenoxy) is 3. The summed E-state index contributed by atoms with van der Waals surface area (Å²) in [4.78, 5) is 12.5. The third-order valence-corrected chi connectivity index (χ3v) is 5.45. The van der Waals surface area contributed by atoms with E-state index in [9.17, 15) is 9.18 Å². The molecule has 172 valence electrons. The summed E-state index contributed by atoms with van der Waals surface area (Å²) in [6, 6.07) is 10.3. The topological polar surface area (TPSA) is 60.4 Å². The Morgan fingerprint density at radius 2 is 2.03 bits per heavy atom. The number of hydrogen-bond acceptors (Lipinski definition) is 6. The van der Waals surface area contributed by atoms with Gasteiger partial charge in [0.1, 0.15) is 29.3 Å². The van der Waals surface area contributed by atoms with Crippen LogP contribution in [0.3, 0.4) is 0 Å². The lowest BCUT2D eigenvalue weighted by molar-refractivity contribution is 0.132. The zero-order valence-electron chi connectivity index (χ0n) is 19.3. The van der Waals surface area contributed by atoms with Gasteiger partial charge in [0.15, 0.2) is 17.4 Å². The molecule has 32 heavy (non-hydrogen) atoms. The minimum atomic E-state index is -0.600. The maximum atomic E-state index is 14.2. The summed E-state index contributed by atoms with van der Waals surface area (Å²) in [6.07, 6.45) is 0.810. The maximum Gasteiger partial charge on any atom is 0.426 e. The summed E-state index contributed by atoms with van der Waals surface area (Å²) < 4.78 is 36.6. The molecule has 6 nitrogen and oxygen atoms in total. The van der Waals surface area contributed by atoms with Crippen LogP contribution >= 0.6 is 12.1 Å². The number of carbonyl (C=O) groups excluding carboxylic acids is 1. The summed E-state index contributed by atoms with van der Waals surface area (Å²) >= 11 is 0.867. The second kappa shape index (κ2) is 9.81. The summed E-state index contributed by atoms with van der Waals surface area (Å²) in [7, 11) is 1.54. The molecule has 2 aromatic rings. The fraction of sp³-hybridized carbons (Fsp3) is 0.417. The highest BCUT2D eigenvalue weighted by atomic mass is 32.2. The van der Waals surface area contributed by atoms with Gasteiger partial charge in [0, 0.05) is 32.0 Å². The van der Waals surface area contributed by atoms with Crippen molar-refractivity contribution in [2.45, 2.75) is 53.1 Å². The fourth-order valence-electron chi connectivity index (χ4n) is 3.36. The molecule has 0 saturated carbocycles. The van der Waals surface area contributed by atoms with Gasteiger partial charge in [-0.2, -0.15) is 4.40 Å². The minimum absolute atomic E-state index is 0.274. The van der Waals surface area contributed by atoms with Crippen molar-refractivity contribution in [3.8, 4) is 17.2 Å². The number of rotatable bonds is 6. The second-order valence-electron chi connectivity index (χ2n) is 8.79. The first-order chi connectivity index (χ1) is 15.0. The zero-order chi connectivity index (χ0) is 23.5. The van der Waals surface area contributed by atoms with Gasteiger partial charge in [0.2, 0.25) is 0 Å². The van der Waals surface area contributed by atoms with Crippen LogP contribution in [-0.2, 0) is 12.8 Å². The van der Waals surface area contributed by atoms with E-state index < -0.39 is 6.09 Å². The molecule has 0 aliphatic carbocycles. The Morgan fingerprint density at radius 1 is 1.28 bits per heavy atom. The van der Waals surface area contributed by atoms with Crippen LogP contribution in [0.4, 0.5) is 9.18 Å². The molecular weight excluding hydrogens is 431 g/mol. The van der Waals surface area contributed by atoms with Crippen LogP contribution in [-0.4, -0.2) is 28.9 Å². The van der Waals surface area contributed by atoms with Gasteiger partial charge in [-0.05, 0) is 43.9 Å². The van der Waals surface area contributed by atoms with Crippen LogP contribution in [0.5, 0.6) is 17.2 Å². The quantitative estimate of drug-likeness (QED) is 0.291. The predicted octanol–water partition coefficient (Wildman–Crippen LogP) is 6.23. The van der Waals surface area contributed by atoms with Gasteiger partial charge in [0.05, 0.1) is 0 Å². The van der Waals surface area contributed by atoms with E-state index in [0.717, 1.165) is 24.1 Å². The molecule has 8 heteroatoms. The van der Waals surface area contributed by atoms with Gasteiger partial charge in [-0.15, -0.1) is 0 Å². The molecule has 0 radical (unpaired) electrons. The van der Waals surface area contributed by atoms with Crippen molar-refractivity contribution in [2.24, 2.45) is 10.3 Å². The SMILES string of the molecule is CC(=NSN(C)C(=O)Oc1cccc2c1OC(C)(C)C2)Oc1ccc(CC(C)C)c(F)c1.